The first-order chi connectivity index (χ1) is 17.6. The second kappa shape index (κ2) is 9.59. The fourth-order valence-electron chi connectivity index (χ4n) is 4.53. The average Bonchev–Trinajstić information content (AvgIpc) is 3.23. The number of hydrogen-bond acceptors (Lipinski definition) is 7. The average molecular weight is 524 g/mol. The highest BCUT2D eigenvalue weighted by Gasteiger charge is 2.33. The van der Waals surface area contributed by atoms with Gasteiger partial charge in [-0.25, -0.2) is 19.2 Å². The first kappa shape index (κ1) is 24.9. The number of ether oxygens (including phenoxy) is 1. The third-order valence-electron chi connectivity index (χ3n) is 6.08. The second-order valence-electron chi connectivity index (χ2n) is 10.00. The van der Waals surface area contributed by atoms with Crippen molar-refractivity contribution in [2.45, 2.75) is 39.3 Å². The summed E-state index contributed by atoms with van der Waals surface area (Å²) >= 11 is 6.16. The van der Waals surface area contributed by atoms with Crippen LogP contribution in [0.3, 0.4) is 0 Å². The van der Waals surface area contributed by atoms with Gasteiger partial charge in [-0.05, 0) is 45.9 Å². The zero-order valence-electron chi connectivity index (χ0n) is 21.0. The van der Waals surface area contributed by atoms with Gasteiger partial charge in [0, 0.05) is 54.9 Å². The normalized spacial score (nSPS) is 16.3. The minimum Gasteiger partial charge on any atom is -0.444 e. The van der Waals surface area contributed by atoms with Crippen molar-refractivity contribution in [3.05, 3.63) is 60.2 Å². The van der Waals surface area contributed by atoms with Gasteiger partial charge in [0.05, 0.1) is 23.0 Å². The van der Waals surface area contributed by atoms with Crippen LogP contribution in [0.1, 0.15) is 27.7 Å². The number of anilines is 1. The molecule has 4 heterocycles. The number of nitrogens with zero attached hydrogens (tertiary/aromatic N) is 7. The van der Waals surface area contributed by atoms with Crippen LogP contribution >= 0.6 is 11.6 Å². The fraction of sp³-hybridized carbons (Fsp3) is 0.346. The molecule has 0 saturated carbocycles. The van der Waals surface area contributed by atoms with E-state index < -0.39 is 11.4 Å². The van der Waals surface area contributed by atoms with Crippen molar-refractivity contribution in [1.82, 2.24) is 29.4 Å². The molecule has 0 spiro atoms. The summed E-state index contributed by atoms with van der Waals surface area (Å²) in [5.74, 6) is 0.245. The smallest absolute Gasteiger partial charge is 0.410 e. The zero-order chi connectivity index (χ0) is 26.3. The van der Waals surface area contributed by atoms with Crippen LogP contribution in [0.15, 0.2) is 49.3 Å². The maximum Gasteiger partial charge on any atom is 0.410 e. The summed E-state index contributed by atoms with van der Waals surface area (Å²) in [6.45, 7) is 9.12. The molecule has 192 valence electrons. The van der Waals surface area contributed by atoms with Crippen molar-refractivity contribution in [1.29, 1.82) is 0 Å². The van der Waals surface area contributed by atoms with Crippen LogP contribution in [0.25, 0.3) is 28.0 Å². The number of fused-ring (bicyclic) bond motifs is 1. The number of carbonyl (C=O) groups excluding carboxylic acids is 1. The Kier molecular flexibility index (Phi) is 6.45. The second-order valence-corrected chi connectivity index (χ2v) is 10.4. The molecule has 1 saturated heterocycles. The number of carbonyl (C=O) groups is 1. The van der Waals surface area contributed by atoms with Crippen LogP contribution in [0.5, 0.6) is 0 Å². The van der Waals surface area contributed by atoms with Gasteiger partial charge in [0.25, 0.3) is 0 Å². The monoisotopic (exact) mass is 523 g/mol. The first-order valence-electron chi connectivity index (χ1n) is 11.9. The summed E-state index contributed by atoms with van der Waals surface area (Å²) in [7, 11) is 0. The Labute approximate surface area is 218 Å². The molecule has 5 rings (SSSR count). The van der Waals surface area contributed by atoms with Gasteiger partial charge in [-0.1, -0.05) is 11.6 Å². The number of amides is 1. The lowest BCUT2D eigenvalue weighted by atomic mass is 10.1. The maximum atomic E-state index is 14.3. The Morgan fingerprint density at radius 1 is 1.14 bits per heavy atom. The zero-order valence-corrected chi connectivity index (χ0v) is 21.8. The molecule has 0 bridgehead atoms. The fourth-order valence-corrected chi connectivity index (χ4v) is 4.75. The van der Waals surface area contributed by atoms with Crippen molar-refractivity contribution in [2.24, 2.45) is 0 Å². The molecular weight excluding hydrogens is 497 g/mol. The van der Waals surface area contributed by atoms with E-state index in [2.05, 4.69) is 24.8 Å². The summed E-state index contributed by atoms with van der Waals surface area (Å²) in [6.07, 6.45) is 7.88. The Bertz CT molecular complexity index is 1430. The van der Waals surface area contributed by atoms with Crippen molar-refractivity contribution < 1.29 is 13.9 Å². The number of aromatic nitrogens is 5. The van der Waals surface area contributed by atoms with Crippen LogP contribution in [0.2, 0.25) is 5.02 Å². The number of piperazine rings is 1. The van der Waals surface area contributed by atoms with Crippen molar-refractivity contribution in [3.8, 4) is 16.9 Å². The predicted molar refractivity (Wildman–Crippen MR) is 139 cm³/mol. The Morgan fingerprint density at radius 2 is 1.95 bits per heavy atom. The summed E-state index contributed by atoms with van der Waals surface area (Å²) in [6, 6.07) is 4.22. The molecule has 1 aromatic carbocycles. The van der Waals surface area contributed by atoms with E-state index in [1.54, 1.807) is 34.1 Å². The molecule has 0 aliphatic carbocycles. The molecule has 1 aliphatic rings. The standard InChI is InChI=1S/C26H27ClFN7O2/c1-16-13-33(7-8-34(16)25(36)37-26(2,3)4)23-22-20(21-12-29-5-6-30-21)14-35(24(22)32-15-31-23)19-10-17(27)9-18(28)11-19/h5-6,9-12,14-16H,7-8,13H2,1-4H3/t16-/m1/s1. The van der Waals surface area contributed by atoms with Crippen LogP contribution < -0.4 is 4.90 Å². The van der Waals surface area contributed by atoms with Crippen molar-refractivity contribution in [2.75, 3.05) is 24.5 Å². The maximum absolute atomic E-state index is 14.3. The molecule has 1 amide bonds. The van der Waals surface area contributed by atoms with Gasteiger partial charge in [0.15, 0.2) is 5.65 Å². The molecule has 11 heteroatoms. The lowest BCUT2D eigenvalue weighted by Gasteiger charge is -2.40. The van der Waals surface area contributed by atoms with E-state index in [-0.39, 0.29) is 17.2 Å². The summed E-state index contributed by atoms with van der Waals surface area (Å²) in [4.78, 5) is 34.5. The Balaban J connectivity index is 1.58. The molecule has 0 N–H and O–H groups in total. The molecule has 0 unspecified atom stereocenters. The van der Waals surface area contributed by atoms with E-state index in [1.165, 1.54) is 18.5 Å². The van der Waals surface area contributed by atoms with Gasteiger partial charge in [-0.2, -0.15) is 0 Å². The molecule has 3 aromatic heterocycles. The molecule has 1 atom stereocenters. The highest BCUT2D eigenvalue weighted by molar-refractivity contribution is 6.30. The van der Waals surface area contributed by atoms with E-state index >= 15 is 0 Å². The lowest BCUT2D eigenvalue weighted by Crippen LogP contribution is -2.55. The predicted octanol–water partition coefficient (Wildman–Crippen LogP) is 5.12. The first-order valence-corrected chi connectivity index (χ1v) is 12.3. The van der Waals surface area contributed by atoms with Gasteiger partial charge < -0.3 is 19.1 Å². The van der Waals surface area contributed by atoms with E-state index in [4.69, 9.17) is 16.3 Å². The van der Waals surface area contributed by atoms with Crippen molar-refractivity contribution in [3.63, 3.8) is 0 Å². The molecular formula is C26H27ClFN7O2. The van der Waals surface area contributed by atoms with E-state index in [0.29, 0.717) is 42.5 Å². The summed E-state index contributed by atoms with van der Waals surface area (Å²) < 4.78 is 21.6. The van der Waals surface area contributed by atoms with Crippen LogP contribution in [0, 0.1) is 5.82 Å². The van der Waals surface area contributed by atoms with Gasteiger partial charge in [0.2, 0.25) is 0 Å². The number of hydrogen-bond donors (Lipinski definition) is 0. The summed E-state index contributed by atoms with van der Waals surface area (Å²) in [5, 5.41) is 1.03. The topological polar surface area (TPSA) is 89.3 Å². The van der Waals surface area contributed by atoms with E-state index in [1.807, 2.05) is 33.9 Å². The minimum absolute atomic E-state index is 0.113. The molecule has 9 nitrogen and oxygen atoms in total. The van der Waals surface area contributed by atoms with Crippen molar-refractivity contribution >= 4 is 34.5 Å². The largest absolute Gasteiger partial charge is 0.444 e. The van der Waals surface area contributed by atoms with Crippen LogP contribution in [0.4, 0.5) is 15.0 Å². The number of rotatable bonds is 3. The van der Waals surface area contributed by atoms with E-state index in [9.17, 15) is 9.18 Å². The minimum atomic E-state index is -0.568. The third kappa shape index (κ3) is 5.06. The molecule has 4 aromatic rings. The Hall–Kier alpha value is -3.79. The molecule has 0 radical (unpaired) electrons. The molecule has 37 heavy (non-hydrogen) atoms. The highest BCUT2D eigenvalue weighted by Crippen LogP contribution is 2.37. The van der Waals surface area contributed by atoms with Crippen LogP contribution in [-0.4, -0.2) is 66.8 Å². The van der Waals surface area contributed by atoms with Crippen LogP contribution in [-0.2, 0) is 4.74 Å². The number of benzene rings is 1. The SMILES string of the molecule is C[C@@H]1CN(c2ncnc3c2c(-c2cnccn2)cn3-c2cc(F)cc(Cl)c2)CCN1C(=O)OC(C)(C)C. The van der Waals surface area contributed by atoms with E-state index in [0.717, 1.165) is 10.9 Å². The van der Waals surface area contributed by atoms with Gasteiger partial charge in [-0.15, -0.1) is 0 Å². The number of halogens is 2. The highest BCUT2D eigenvalue weighted by atomic mass is 35.5. The Morgan fingerprint density at radius 3 is 2.62 bits per heavy atom. The van der Waals surface area contributed by atoms with Gasteiger partial charge >= 0.3 is 6.09 Å². The summed E-state index contributed by atoms with van der Waals surface area (Å²) in [5.41, 5.74) is 1.92. The van der Waals surface area contributed by atoms with Gasteiger partial charge in [0.1, 0.15) is 23.6 Å². The third-order valence-corrected chi connectivity index (χ3v) is 6.30. The molecule has 1 aliphatic heterocycles. The molecule has 1 fully saturated rings. The van der Waals surface area contributed by atoms with Gasteiger partial charge in [-0.3, -0.25) is 9.97 Å². The lowest BCUT2D eigenvalue weighted by molar-refractivity contribution is 0.0159. The quantitative estimate of drug-likeness (QED) is 0.368.